The van der Waals surface area contributed by atoms with Crippen LogP contribution >= 0.6 is 11.8 Å². The summed E-state index contributed by atoms with van der Waals surface area (Å²) >= 11 is 1.21. The molecule has 0 radical (unpaired) electrons. The number of carbonyl (C=O) groups is 2. The molecule has 0 heterocycles. The van der Waals surface area contributed by atoms with Crippen LogP contribution in [-0.4, -0.2) is 17.5 Å². The number of hydrogen-bond acceptors (Lipinski definition) is 4. The Morgan fingerprint density at radius 3 is 2.57 bits per heavy atom. The largest absolute Gasteiger partial charge is 0.545 e. The number of thioether (sulfide) groups is 1. The van der Waals surface area contributed by atoms with Crippen molar-refractivity contribution in [2.75, 3.05) is 5.75 Å². The number of carbonyl (C=O) groups excluding carboxylic acids is 2. The lowest BCUT2D eigenvalue weighted by Gasteiger charge is -2.08. The Balaban J connectivity index is 2.84. The maximum absolute atomic E-state index is 10.7. The second-order valence-corrected chi connectivity index (χ2v) is 3.79. The van der Waals surface area contributed by atoms with Gasteiger partial charge in [-0.15, -0.1) is 11.8 Å². The first kappa shape index (κ1) is 10.8. The Hall–Kier alpha value is -1.29. The van der Waals surface area contributed by atoms with Gasteiger partial charge in [-0.2, -0.15) is 0 Å². The van der Waals surface area contributed by atoms with E-state index in [4.69, 9.17) is 0 Å². The van der Waals surface area contributed by atoms with Gasteiger partial charge in [0.15, 0.2) is 0 Å². The quantitative estimate of drug-likeness (QED) is 0.686. The van der Waals surface area contributed by atoms with Crippen LogP contribution in [0.25, 0.3) is 0 Å². The van der Waals surface area contributed by atoms with Crippen molar-refractivity contribution in [1.82, 2.24) is 0 Å². The average Bonchev–Trinajstić information content (AvgIpc) is 2.15. The van der Waals surface area contributed by atoms with E-state index in [2.05, 4.69) is 0 Å². The average molecular weight is 209 g/mol. The Morgan fingerprint density at radius 1 is 1.36 bits per heavy atom. The van der Waals surface area contributed by atoms with Crippen molar-refractivity contribution in [1.29, 1.82) is 0 Å². The Labute approximate surface area is 86.1 Å². The second-order valence-electron chi connectivity index (χ2n) is 2.77. The van der Waals surface area contributed by atoms with E-state index in [1.807, 2.05) is 0 Å². The molecule has 3 nitrogen and oxygen atoms in total. The van der Waals surface area contributed by atoms with Gasteiger partial charge in [-0.3, -0.25) is 4.79 Å². The number of rotatable bonds is 4. The van der Waals surface area contributed by atoms with Crippen LogP contribution in [0.4, 0.5) is 0 Å². The number of benzene rings is 1. The van der Waals surface area contributed by atoms with E-state index in [0.717, 1.165) is 0 Å². The molecule has 0 aliphatic rings. The lowest BCUT2D eigenvalue weighted by molar-refractivity contribution is -0.255. The zero-order valence-electron chi connectivity index (χ0n) is 7.65. The van der Waals surface area contributed by atoms with Gasteiger partial charge >= 0.3 is 0 Å². The van der Waals surface area contributed by atoms with Crippen LogP contribution < -0.4 is 5.11 Å². The predicted octanol–water partition coefficient (Wildman–Crippen LogP) is 0.731. The summed E-state index contributed by atoms with van der Waals surface area (Å²) in [6.07, 6.45) is 0. The van der Waals surface area contributed by atoms with Crippen molar-refractivity contribution >= 4 is 23.5 Å². The summed E-state index contributed by atoms with van der Waals surface area (Å²) < 4.78 is 0. The van der Waals surface area contributed by atoms with Gasteiger partial charge in [-0.25, -0.2) is 0 Å². The Bertz CT molecular complexity index is 360. The number of ketones is 1. The number of carboxylic acid groups (broad SMARTS) is 1. The summed E-state index contributed by atoms with van der Waals surface area (Å²) in [5.74, 6) is -0.913. The van der Waals surface area contributed by atoms with E-state index >= 15 is 0 Å². The highest BCUT2D eigenvalue weighted by atomic mass is 32.2. The zero-order chi connectivity index (χ0) is 10.6. The molecule has 4 heteroatoms. The fourth-order valence-electron chi connectivity index (χ4n) is 0.941. The predicted molar refractivity (Wildman–Crippen MR) is 52.2 cm³/mol. The number of carboxylic acids is 1. The molecule has 0 N–H and O–H groups in total. The van der Waals surface area contributed by atoms with E-state index in [1.54, 1.807) is 18.2 Å². The van der Waals surface area contributed by atoms with Gasteiger partial charge in [0.25, 0.3) is 0 Å². The smallest absolute Gasteiger partial charge is 0.140 e. The standard InChI is InChI=1S/C10H10O3S/c1-7(11)6-14-9-5-3-2-4-8(9)10(12)13/h2-5H,6H2,1H3,(H,12,13)/p-1. The molecular weight excluding hydrogens is 200 g/mol. The second kappa shape index (κ2) is 4.81. The third-order valence-corrected chi connectivity index (χ3v) is 2.76. The van der Waals surface area contributed by atoms with Crippen LogP contribution in [0.15, 0.2) is 29.2 Å². The molecule has 0 bridgehead atoms. The minimum Gasteiger partial charge on any atom is -0.545 e. The highest BCUT2D eigenvalue weighted by Gasteiger charge is 2.03. The topological polar surface area (TPSA) is 57.2 Å². The highest BCUT2D eigenvalue weighted by molar-refractivity contribution is 8.00. The minimum absolute atomic E-state index is 0.0168. The summed E-state index contributed by atoms with van der Waals surface area (Å²) in [6, 6.07) is 6.49. The minimum atomic E-state index is -1.21. The van der Waals surface area contributed by atoms with Crippen LogP contribution in [0.2, 0.25) is 0 Å². The first-order valence-corrected chi connectivity index (χ1v) is 5.02. The molecule has 1 aromatic rings. The third kappa shape index (κ3) is 2.88. The van der Waals surface area contributed by atoms with Gasteiger partial charge in [0.1, 0.15) is 5.78 Å². The summed E-state index contributed by atoms with van der Waals surface area (Å²) in [5.41, 5.74) is 0.138. The first-order valence-electron chi connectivity index (χ1n) is 4.04. The van der Waals surface area contributed by atoms with Crippen LogP contribution in [0.5, 0.6) is 0 Å². The van der Waals surface area contributed by atoms with E-state index in [-0.39, 0.29) is 17.1 Å². The molecule has 74 valence electrons. The normalized spacial score (nSPS) is 9.79. The molecule has 0 unspecified atom stereocenters. The van der Waals surface area contributed by atoms with Gasteiger partial charge in [-0.05, 0) is 13.0 Å². The maximum atomic E-state index is 10.7. The highest BCUT2D eigenvalue weighted by Crippen LogP contribution is 2.21. The van der Waals surface area contributed by atoms with Crippen LogP contribution in [0.1, 0.15) is 17.3 Å². The summed E-state index contributed by atoms with van der Waals surface area (Å²) in [4.78, 5) is 21.9. The first-order chi connectivity index (χ1) is 6.61. The van der Waals surface area contributed by atoms with Crippen molar-refractivity contribution in [2.45, 2.75) is 11.8 Å². The number of Topliss-reactive ketones (excluding diaryl/α,β-unsaturated/α-hetero) is 1. The Kier molecular flexibility index (Phi) is 3.71. The van der Waals surface area contributed by atoms with E-state index < -0.39 is 5.97 Å². The molecule has 0 aliphatic heterocycles. The lowest BCUT2D eigenvalue weighted by Crippen LogP contribution is -2.22. The zero-order valence-corrected chi connectivity index (χ0v) is 8.47. The van der Waals surface area contributed by atoms with Gasteiger partial charge in [0.05, 0.1) is 11.7 Å². The molecule has 0 fully saturated rings. The van der Waals surface area contributed by atoms with Crippen LogP contribution in [-0.2, 0) is 4.79 Å². The molecule has 14 heavy (non-hydrogen) atoms. The molecular formula is C10H9O3S-. The monoisotopic (exact) mass is 209 g/mol. The fraction of sp³-hybridized carbons (Fsp3) is 0.200. The molecule has 0 amide bonds. The van der Waals surface area contributed by atoms with Crippen molar-refractivity contribution < 1.29 is 14.7 Å². The summed E-state index contributed by atoms with van der Waals surface area (Å²) in [5, 5.41) is 10.7. The molecule has 0 aliphatic carbocycles. The van der Waals surface area contributed by atoms with Gasteiger partial charge < -0.3 is 9.90 Å². The van der Waals surface area contributed by atoms with Crippen molar-refractivity contribution in [3.63, 3.8) is 0 Å². The molecule has 0 aromatic heterocycles. The Morgan fingerprint density at radius 2 is 2.00 bits per heavy atom. The molecule has 0 atom stereocenters. The maximum Gasteiger partial charge on any atom is 0.140 e. The molecule has 0 spiro atoms. The lowest BCUT2D eigenvalue weighted by atomic mass is 10.2. The number of aromatic carboxylic acids is 1. The van der Waals surface area contributed by atoms with E-state index in [9.17, 15) is 14.7 Å². The van der Waals surface area contributed by atoms with Crippen LogP contribution in [0.3, 0.4) is 0 Å². The fourth-order valence-corrected chi connectivity index (χ4v) is 1.78. The number of hydrogen-bond donors (Lipinski definition) is 0. The van der Waals surface area contributed by atoms with Crippen LogP contribution in [0, 0.1) is 0 Å². The van der Waals surface area contributed by atoms with Gasteiger partial charge in [-0.1, -0.05) is 18.2 Å². The SMILES string of the molecule is CC(=O)CSc1ccccc1C(=O)[O-]. The molecule has 0 saturated heterocycles. The van der Waals surface area contributed by atoms with E-state index in [1.165, 1.54) is 24.8 Å². The van der Waals surface area contributed by atoms with Crippen molar-refractivity contribution in [3.8, 4) is 0 Å². The molecule has 1 aromatic carbocycles. The van der Waals surface area contributed by atoms with Crippen molar-refractivity contribution in [2.24, 2.45) is 0 Å². The molecule has 0 saturated carbocycles. The molecule has 1 rings (SSSR count). The summed E-state index contributed by atoms with van der Waals surface area (Å²) in [7, 11) is 0. The van der Waals surface area contributed by atoms with E-state index in [0.29, 0.717) is 4.90 Å². The van der Waals surface area contributed by atoms with Crippen molar-refractivity contribution in [3.05, 3.63) is 29.8 Å². The van der Waals surface area contributed by atoms with Gasteiger partial charge in [0.2, 0.25) is 0 Å². The summed E-state index contributed by atoms with van der Waals surface area (Å²) in [6.45, 7) is 1.47. The third-order valence-electron chi connectivity index (χ3n) is 1.54. The van der Waals surface area contributed by atoms with Gasteiger partial charge in [0, 0.05) is 10.5 Å².